The average molecular weight is 320 g/mol. The van der Waals surface area contributed by atoms with Crippen molar-refractivity contribution < 1.29 is 9.72 Å². The van der Waals surface area contributed by atoms with Crippen LogP contribution in [0.1, 0.15) is 0 Å². The van der Waals surface area contributed by atoms with Crippen molar-refractivity contribution in [3.8, 4) is 0 Å². The maximum Gasteiger partial charge on any atom is 0.381 e. The number of nitrogens with one attached hydrogen (secondary N) is 3. The van der Waals surface area contributed by atoms with Gasteiger partial charge in [0.15, 0.2) is 5.11 Å². The lowest BCUT2D eigenvalue weighted by molar-refractivity contribution is -0.389. The number of benzene rings is 1. The van der Waals surface area contributed by atoms with E-state index in [-0.39, 0.29) is 17.5 Å². The van der Waals surface area contributed by atoms with Crippen molar-refractivity contribution in [2.45, 2.75) is 6.54 Å². The summed E-state index contributed by atoms with van der Waals surface area (Å²) in [5.74, 6) is -0.744. The molecule has 2 aromatic rings. The molecule has 114 valence electrons. The highest BCUT2D eigenvalue weighted by molar-refractivity contribution is 7.80. The molecule has 1 amide bonds. The molecule has 0 atom stereocenters. The smallest absolute Gasteiger partial charge is 0.358 e. The number of rotatable bonds is 4. The minimum absolute atomic E-state index is 0.123. The van der Waals surface area contributed by atoms with Gasteiger partial charge >= 0.3 is 5.82 Å². The summed E-state index contributed by atoms with van der Waals surface area (Å²) in [5, 5.41) is 13.6. The summed E-state index contributed by atoms with van der Waals surface area (Å²) in [6.07, 6.45) is 2.37. The fraction of sp³-hybridized carbons (Fsp3) is 0.0833. The monoisotopic (exact) mass is 320 g/mol. The Hall–Kier alpha value is -3.01. The molecule has 0 radical (unpaired) electrons. The molecule has 22 heavy (non-hydrogen) atoms. The van der Waals surface area contributed by atoms with Gasteiger partial charge in [0.2, 0.25) is 6.33 Å². The van der Waals surface area contributed by atoms with E-state index in [1.807, 2.05) is 30.3 Å². The molecule has 0 unspecified atom stereocenters. The number of imidazole rings is 1. The Bertz CT molecular complexity index is 687. The van der Waals surface area contributed by atoms with E-state index < -0.39 is 10.8 Å². The van der Waals surface area contributed by atoms with E-state index in [0.717, 1.165) is 5.69 Å². The number of nitrogens with zero attached hydrogens (tertiary/aromatic N) is 3. The lowest BCUT2D eigenvalue weighted by atomic mass is 10.3. The number of carbonyl (C=O) groups excluding carboxylic acids is 1. The van der Waals surface area contributed by atoms with Crippen LogP contribution in [0.3, 0.4) is 0 Å². The molecule has 1 aromatic heterocycles. The van der Waals surface area contributed by atoms with Crippen LogP contribution in [0.25, 0.3) is 0 Å². The molecule has 0 saturated heterocycles. The standard InChI is InChI=1S/C12H12N6O3S/c19-11(7-17-6-10(13-8-17)18(20)21)15-16-12(22)14-9-4-2-1-3-5-9/h1-6,8H,7H2,(H,15,19)(H2,14,16,22). The largest absolute Gasteiger partial charge is 0.381 e. The van der Waals surface area contributed by atoms with Gasteiger partial charge < -0.3 is 20.0 Å². The quantitative estimate of drug-likeness (QED) is 0.434. The molecule has 0 aliphatic heterocycles. The Morgan fingerprint density at radius 1 is 1.32 bits per heavy atom. The van der Waals surface area contributed by atoms with Gasteiger partial charge in [0.1, 0.15) is 12.7 Å². The van der Waals surface area contributed by atoms with Crippen LogP contribution in [0.2, 0.25) is 0 Å². The molecule has 10 heteroatoms. The molecule has 2 rings (SSSR count). The van der Waals surface area contributed by atoms with E-state index in [1.165, 1.54) is 17.1 Å². The minimum Gasteiger partial charge on any atom is -0.358 e. The van der Waals surface area contributed by atoms with Crippen molar-refractivity contribution in [1.82, 2.24) is 20.4 Å². The summed E-state index contributed by atoms with van der Waals surface area (Å²) < 4.78 is 1.29. The zero-order valence-corrected chi connectivity index (χ0v) is 12.0. The Labute approximate surface area is 130 Å². The molecule has 0 bridgehead atoms. The van der Waals surface area contributed by atoms with Crippen molar-refractivity contribution in [1.29, 1.82) is 0 Å². The Kier molecular flexibility index (Phi) is 4.98. The molecule has 0 saturated carbocycles. The van der Waals surface area contributed by atoms with Crippen molar-refractivity contribution in [2.75, 3.05) is 5.32 Å². The van der Waals surface area contributed by atoms with Gasteiger partial charge in [-0.05, 0) is 34.3 Å². The number of carbonyl (C=O) groups is 1. The van der Waals surface area contributed by atoms with Gasteiger partial charge in [-0.25, -0.2) is 0 Å². The van der Waals surface area contributed by atoms with Gasteiger partial charge in [-0.3, -0.25) is 15.6 Å². The Morgan fingerprint density at radius 3 is 2.68 bits per heavy atom. The normalized spacial score (nSPS) is 9.82. The summed E-state index contributed by atoms with van der Waals surface area (Å²) in [5.41, 5.74) is 5.69. The highest BCUT2D eigenvalue weighted by Gasteiger charge is 2.12. The predicted molar refractivity (Wildman–Crippen MR) is 82.8 cm³/mol. The maximum atomic E-state index is 11.7. The number of hydrogen-bond acceptors (Lipinski definition) is 5. The van der Waals surface area contributed by atoms with Gasteiger partial charge in [-0.1, -0.05) is 18.2 Å². The second-order valence-electron chi connectivity index (χ2n) is 4.15. The van der Waals surface area contributed by atoms with Gasteiger partial charge in [0.05, 0.1) is 0 Å². The summed E-state index contributed by atoms with van der Waals surface area (Å²) in [4.78, 5) is 25.1. The molecule has 1 aromatic carbocycles. The van der Waals surface area contributed by atoms with Crippen LogP contribution in [0.5, 0.6) is 0 Å². The average Bonchev–Trinajstić information content (AvgIpc) is 2.95. The molecule has 3 N–H and O–H groups in total. The van der Waals surface area contributed by atoms with Crippen LogP contribution in [-0.2, 0) is 11.3 Å². The van der Waals surface area contributed by atoms with E-state index >= 15 is 0 Å². The van der Waals surface area contributed by atoms with Crippen molar-refractivity contribution in [2.24, 2.45) is 0 Å². The summed E-state index contributed by atoms with van der Waals surface area (Å²) in [6, 6.07) is 9.19. The van der Waals surface area contributed by atoms with Crippen LogP contribution in [0.15, 0.2) is 42.9 Å². The fourth-order valence-corrected chi connectivity index (χ4v) is 1.71. The fourth-order valence-electron chi connectivity index (χ4n) is 1.54. The number of amides is 1. The van der Waals surface area contributed by atoms with Gasteiger partial charge in [-0.2, -0.15) is 0 Å². The first kappa shape index (κ1) is 15.4. The highest BCUT2D eigenvalue weighted by atomic mass is 32.1. The number of nitro groups is 1. The molecule has 9 nitrogen and oxygen atoms in total. The number of aromatic nitrogens is 2. The number of hydrogen-bond donors (Lipinski definition) is 3. The second-order valence-corrected chi connectivity index (χ2v) is 4.56. The lowest BCUT2D eigenvalue weighted by Crippen LogP contribution is -2.44. The Balaban J connectivity index is 1.77. The van der Waals surface area contributed by atoms with Gasteiger partial charge in [0, 0.05) is 5.69 Å². The van der Waals surface area contributed by atoms with Crippen molar-refractivity contribution in [3.05, 3.63) is 53.0 Å². The molecular weight excluding hydrogens is 308 g/mol. The molecule has 0 aliphatic carbocycles. The van der Waals surface area contributed by atoms with Crippen molar-refractivity contribution >= 4 is 34.7 Å². The number of thiocarbonyl (C=S) groups is 1. The van der Waals surface area contributed by atoms with E-state index in [1.54, 1.807) is 0 Å². The predicted octanol–water partition coefficient (Wildman–Crippen LogP) is 0.809. The van der Waals surface area contributed by atoms with Gasteiger partial charge in [-0.15, -0.1) is 0 Å². The lowest BCUT2D eigenvalue weighted by Gasteiger charge is -2.11. The van der Waals surface area contributed by atoms with Crippen LogP contribution in [0.4, 0.5) is 11.5 Å². The molecule has 0 aliphatic rings. The summed E-state index contributed by atoms with van der Waals surface area (Å²) in [7, 11) is 0. The highest BCUT2D eigenvalue weighted by Crippen LogP contribution is 2.05. The van der Waals surface area contributed by atoms with Crippen LogP contribution in [0, 0.1) is 10.1 Å². The molecule has 1 heterocycles. The van der Waals surface area contributed by atoms with Crippen molar-refractivity contribution in [3.63, 3.8) is 0 Å². The van der Waals surface area contributed by atoms with E-state index in [9.17, 15) is 14.9 Å². The second kappa shape index (κ2) is 7.13. The van der Waals surface area contributed by atoms with Crippen LogP contribution in [-0.4, -0.2) is 25.5 Å². The summed E-state index contributed by atoms with van der Waals surface area (Å²) in [6.45, 7) is -0.123. The number of para-hydroxylation sites is 1. The first-order valence-corrected chi connectivity index (χ1v) is 6.52. The first-order chi connectivity index (χ1) is 10.5. The maximum absolute atomic E-state index is 11.7. The van der Waals surface area contributed by atoms with E-state index in [2.05, 4.69) is 21.2 Å². The third-order valence-corrected chi connectivity index (χ3v) is 2.68. The summed E-state index contributed by atoms with van der Waals surface area (Å²) >= 11 is 5.01. The molecule has 0 fully saturated rings. The Morgan fingerprint density at radius 2 is 2.05 bits per heavy atom. The van der Waals surface area contributed by atoms with E-state index in [4.69, 9.17) is 12.2 Å². The van der Waals surface area contributed by atoms with Gasteiger partial charge in [0.25, 0.3) is 5.91 Å². The topological polar surface area (TPSA) is 114 Å². The van der Waals surface area contributed by atoms with Crippen LogP contribution >= 0.6 is 12.2 Å². The zero-order chi connectivity index (χ0) is 15.9. The molecular formula is C12H12N6O3S. The number of anilines is 1. The number of hydrazine groups is 1. The minimum atomic E-state index is -0.633. The zero-order valence-electron chi connectivity index (χ0n) is 11.2. The van der Waals surface area contributed by atoms with Crippen LogP contribution < -0.4 is 16.2 Å². The third-order valence-electron chi connectivity index (χ3n) is 2.48. The third kappa shape index (κ3) is 4.52. The first-order valence-electron chi connectivity index (χ1n) is 6.11. The van der Waals surface area contributed by atoms with E-state index in [0.29, 0.717) is 0 Å². The SMILES string of the molecule is O=C(Cn1cnc([N+](=O)[O-])c1)NNC(=S)Nc1ccccc1. The molecule has 0 spiro atoms.